The Morgan fingerprint density at radius 2 is 2.24 bits per heavy atom. The molecule has 2 aromatic heterocycles. The molecule has 1 unspecified atom stereocenters. The molecule has 1 atom stereocenters. The number of fused-ring (bicyclic) bond motifs is 1. The van der Waals surface area contributed by atoms with E-state index in [1.165, 1.54) is 8.71 Å². The molecule has 1 aliphatic heterocycles. The van der Waals surface area contributed by atoms with Crippen molar-refractivity contribution >= 4 is 21.5 Å². The Kier molecular flexibility index (Phi) is 3.17. The first-order valence-corrected chi connectivity index (χ1v) is 7.95. The van der Waals surface area contributed by atoms with Crippen LogP contribution in [0, 0.1) is 0 Å². The monoisotopic (exact) mass is 311 g/mol. The summed E-state index contributed by atoms with van der Waals surface area (Å²) in [4.78, 5) is 4.16. The lowest BCUT2D eigenvalue weighted by Crippen LogP contribution is -2.35. The molecular formula is C12H17N5O3S. The standard InChI is InChI=1S/C12H17N5O3S/c1-12(18)5-7-16(8-12)21(19,20)11-10(15-13)14-9-4-2-3-6-17(9)11/h2-4,6,15,18H,5,7-8,13H2,1H3. The van der Waals surface area contributed by atoms with Crippen LogP contribution in [-0.2, 0) is 10.0 Å². The first-order chi connectivity index (χ1) is 9.85. The molecule has 21 heavy (non-hydrogen) atoms. The number of hydrazine groups is 1. The summed E-state index contributed by atoms with van der Waals surface area (Å²) in [6, 6.07) is 5.17. The van der Waals surface area contributed by atoms with E-state index in [1.807, 2.05) is 0 Å². The van der Waals surface area contributed by atoms with Crippen LogP contribution in [0.5, 0.6) is 0 Å². The highest BCUT2D eigenvalue weighted by Crippen LogP contribution is 2.30. The van der Waals surface area contributed by atoms with Gasteiger partial charge in [0, 0.05) is 19.3 Å². The van der Waals surface area contributed by atoms with E-state index in [2.05, 4.69) is 10.4 Å². The molecule has 1 aliphatic rings. The number of nitrogens with one attached hydrogen (secondary N) is 1. The Bertz CT molecular complexity index is 783. The van der Waals surface area contributed by atoms with Crippen molar-refractivity contribution in [1.29, 1.82) is 0 Å². The van der Waals surface area contributed by atoms with Crippen LogP contribution < -0.4 is 11.3 Å². The van der Waals surface area contributed by atoms with Crippen molar-refractivity contribution in [1.82, 2.24) is 13.7 Å². The zero-order valence-electron chi connectivity index (χ0n) is 11.5. The third-order valence-electron chi connectivity index (χ3n) is 3.62. The first-order valence-electron chi connectivity index (χ1n) is 6.51. The summed E-state index contributed by atoms with van der Waals surface area (Å²) in [6.45, 7) is 1.94. The van der Waals surface area contributed by atoms with Crippen molar-refractivity contribution in [2.75, 3.05) is 18.5 Å². The number of pyridine rings is 1. The van der Waals surface area contributed by atoms with Crippen LogP contribution in [0.1, 0.15) is 13.3 Å². The molecule has 3 rings (SSSR count). The molecule has 4 N–H and O–H groups in total. The lowest BCUT2D eigenvalue weighted by molar-refractivity contribution is 0.0762. The minimum atomic E-state index is -3.80. The van der Waals surface area contributed by atoms with Gasteiger partial charge in [0.25, 0.3) is 10.0 Å². The average molecular weight is 311 g/mol. The van der Waals surface area contributed by atoms with Gasteiger partial charge in [-0.25, -0.2) is 19.2 Å². The average Bonchev–Trinajstić information content (AvgIpc) is 2.98. The predicted molar refractivity (Wildman–Crippen MR) is 77.0 cm³/mol. The van der Waals surface area contributed by atoms with Crippen molar-refractivity contribution in [3.63, 3.8) is 0 Å². The number of nitrogen functional groups attached to an aromatic ring is 1. The van der Waals surface area contributed by atoms with Crippen LogP contribution in [-0.4, -0.2) is 45.9 Å². The van der Waals surface area contributed by atoms with Gasteiger partial charge in [0.05, 0.1) is 5.60 Å². The van der Waals surface area contributed by atoms with Gasteiger partial charge in [-0.05, 0) is 25.5 Å². The topological polar surface area (TPSA) is 113 Å². The van der Waals surface area contributed by atoms with Gasteiger partial charge >= 0.3 is 0 Å². The van der Waals surface area contributed by atoms with Gasteiger partial charge in [-0.1, -0.05) is 6.07 Å². The molecule has 0 bridgehead atoms. The first kappa shape index (κ1) is 14.3. The number of hydrogen-bond acceptors (Lipinski definition) is 6. The fourth-order valence-corrected chi connectivity index (χ4v) is 4.32. The van der Waals surface area contributed by atoms with E-state index in [4.69, 9.17) is 5.84 Å². The molecule has 1 saturated heterocycles. The van der Waals surface area contributed by atoms with Crippen LogP contribution in [0.4, 0.5) is 5.82 Å². The number of aliphatic hydroxyl groups is 1. The van der Waals surface area contributed by atoms with Gasteiger partial charge in [-0.2, -0.15) is 4.31 Å². The molecule has 114 valence electrons. The normalized spacial score (nSPS) is 23.8. The van der Waals surface area contributed by atoms with E-state index in [0.29, 0.717) is 12.1 Å². The minimum absolute atomic E-state index is 0.0155. The van der Waals surface area contributed by atoms with E-state index in [9.17, 15) is 13.5 Å². The van der Waals surface area contributed by atoms with Crippen LogP contribution in [0.2, 0.25) is 0 Å². The number of aromatic nitrogens is 2. The summed E-state index contributed by atoms with van der Waals surface area (Å²) in [7, 11) is -3.80. The van der Waals surface area contributed by atoms with Gasteiger partial charge in [-0.15, -0.1) is 0 Å². The van der Waals surface area contributed by atoms with E-state index in [1.54, 1.807) is 31.3 Å². The maximum atomic E-state index is 12.8. The molecule has 0 spiro atoms. The maximum absolute atomic E-state index is 12.8. The lowest BCUT2D eigenvalue weighted by atomic mass is 10.1. The van der Waals surface area contributed by atoms with Gasteiger partial charge in [0.15, 0.2) is 5.82 Å². The summed E-state index contributed by atoms with van der Waals surface area (Å²) in [5.74, 6) is 5.50. The molecule has 0 amide bonds. The summed E-state index contributed by atoms with van der Waals surface area (Å²) in [5, 5.41) is 9.98. The molecule has 0 radical (unpaired) electrons. The highest BCUT2D eigenvalue weighted by Gasteiger charge is 2.41. The van der Waals surface area contributed by atoms with Crippen molar-refractivity contribution in [3.05, 3.63) is 24.4 Å². The van der Waals surface area contributed by atoms with Gasteiger partial charge < -0.3 is 10.5 Å². The smallest absolute Gasteiger partial charge is 0.263 e. The van der Waals surface area contributed by atoms with Crippen LogP contribution >= 0.6 is 0 Å². The fraction of sp³-hybridized carbons (Fsp3) is 0.417. The van der Waals surface area contributed by atoms with E-state index >= 15 is 0 Å². The SMILES string of the molecule is CC1(O)CCN(S(=O)(=O)c2c(NN)nc3ccccn23)C1. The zero-order valence-corrected chi connectivity index (χ0v) is 12.3. The Labute approximate surface area is 122 Å². The zero-order chi connectivity index (χ0) is 15.3. The van der Waals surface area contributed by atoms with Gasteiger partial charge in [0.1, 0.15) is 5.65 Å². The van der Waals surface area contributed by atoms with E-state index in [-0.39, 0.29) is 23.9 Å². The van der Waals surface area contributed by atoms with Crippen molar-refractivity contribution in [2.45, 2.75) is 24.0 Å². The Hall–Kier alpha value is -1.68. The Balaban J connectivity index is 2.15. The number of hydrogen-bond donors (Lipinski definition) is 3. The minimum Gasteiger partial charge on any atom is -0.389 e. The number of nitrogens with zero attached hydrogens (tertiary/aromatic N) is 3. The molecular weight excluding hydrogens is 294 g/mol. The predicted octanol–water partition coefficient (Wildman–Crippen LogP) is -0.235. The third kappa shape index (κ3) is 2.27. The molecule has 2 aromatic rings. The summed E-state index contributed by atoms with van der Waals surface area (Å²) < 4.78 is 28.4. The highest BCUT2D eigenvalue weighted by molar-refractivity contribution is 7.89. The number of β-amino-alcohol motifs (C(OH)–C–C–N with tert-alkyl or cyclic N) is 1. The van der Waals surface area contributed by atoms with Crippen molar-refractivity contribution in [2.24, 2.45) is 5.84 Å². The quantitative estimate of drug-likeness (QED) is 0.533. The van der Waals surface area contributed by atoms with Crippen molar-refractivity contribution < 1.29 is 13.5 Å². The van der Waals surface area contributed by atoms with Crippen LogP contribution in [0.3, 0.4) is 0 Å². The molecule has 8 nitrogen and oxygen atoms in total. The second-order valence-electron chi connectivity index (χ2n) is 5.42. The number of imidazole rings is 1. The lowest BCUT2D eigenvalue weighted by Gasteiger charge is -2.19. The Morgan fingerprint density at radius 3 is 2.86 bits per heavy atom. The van der Waals surface area contributed by atoms with Crippen LogP contribution in [0.25, 0.3) is 5.65 Å². The summed E-state index contributed by atoms with van der Waals surface area (Å²) >= 11 is 0. The summed E-state index contributed by atoms with van der Waals surface area (Å²) in [5.41, 5.74) is 1.81. The van der Waals surface area contributed by atoms with Crippen LogP contribution in [0.15, 0.2) is 29.4 Å². The largest absolute Gasteiger partial charge is 0.389 e. The van der Waals surface area contributed by atoms with Crippen molar-refractivity contribution in [3.8, 4) is 0 Å². The second-order valence-corrected chi connectivity index (χ2v) is 7.28. The molecule has 0 aromatic carbocycles. The molecule has 0 aliphatic carbocycles. The second kappa shape index (κ2) is 4.67. The fourth-order valence-electron chi connectivity index (χ4n) is 2.54. The highest BCUT2D eigenvalue weighted by atomic mass is 32.2. The number of anilines is 1. The maximum Gasteiger partial charge on any atom is 0.263 e. The third-order valence-corrected chi connectivity index (χ3v) is 5.49. The van der Waals surface area contributed by atoms with Gasteiger partial charge in [-0.3, -0.25) is 4.40 Å². The molecule has 0 saturated carbocycles. The van der Waals surface area contributed by atoms with Gasteiger partial charge in [0.2, 0.25) is 5.03 Å². The van der Waals surface area contributed by atoms with E-state index < -0.39 is 15.6 Å². The molecule has 9 heteroatoms. The Morgan fingerprint density at radius 1 is 1.48 bits per heavy atom. The molecule has 3 heterocycles. The van der Waals surface area contributed by atoms with E-state index in [0.717, 1.165) is 0 Å². The number of rotatable bonds is 3. The molecule has 1 fully saturated rings. The number of nitrogens with two attached hydrogens (primary N) is 1. The summed E-state index contributed by atoms with van der Waals surface area (Å²) in [6.07, 6.45) is 2.01. The number of sulfonamides is 1.